The molecule has 0 unspecified atom stereocenters. The highest BCUT2D eigenvalue weighted by molar-refractivity contribution is 5.94. The molecule has 0 heterocycles. The maximum absolute atomic E-state index is 13.1. The van der Waals surface area contributed by atoms with Gasteiger partial charge in [-0.3, -0.25) is 4.79 Å². The summed E-state index contributed by atoms with van der Waals surface area (Å²) in [6, 6.07) is 38.8. The Bertz CT molecular complexity index is 1690. The van der Waals surface area contributed by atoms with Crippen molar-refractivity contribution in [1.29, 1.82) is 0 Å². The van der Waals surface area contributed by atoms with Crippen molar-refractivity contribution >= 4 is 24.1 Å². The van der Waals surface area contributed by atoms with Gasteiger partial charge in [0.1, 0.15) is 23.0 Å². The van der Waals surface area contributed by atoms with E-state index in [9.17, 15) is 14.4 Å². The number of nitrogens with one attached hydrogen (secondary N) is 1. The molecule has 1 N–H and O–H groups in total. The minimum atomic E-state index is -1.37. The Morgan fingerprint density at radius 3 is 1.57 bits per heavy atom. The fraction of sp³-hybridized carbons (Fsp3) is 0.0286. The Morgan fingerprint density at radius 1 is 0.568 bits per heavy atom. The van der Waals surface area contributed by atoms with Crippen LogP contribution in [0.4, 0.5) is 0 Å². The lowest BCUT2D eigenvalue weighted by atomic mass is 10.2. The molecule has 5 rings (SSSR count). The summed E-state index contributed by atoms with van der Waals surface area (Å²) in [5.41, 5.74) is 3.39. The highest BCUT2D eigenvalue weighted by atomic mass is 16.7. The Labute approximate surface area is 253 Å². The summed E-state index contributed by atoms with van der Waals surface area (Å²) in [6.45, 7) is 0. The van der Waals surface area contributed by atoms with Crippen LogP contribution in [0, 0.1) is 0 Å². The molecule has 0 bridgehead atoms. The number of ether oxygens (including phenoxy) is 4. The van der Waals surface area contributed by atoms with E-state index < -0.39 is 24.1 Å². The van der Waals surface area contributed by atoms with Crippen molar-refractivity contribution in [2.45, 2.75) is 6.29 Å². The number of esters is 2. The maximum atomic E-state index is 13.1. The van der Waals surface area contributed by atoms with Gasteiger partial charge in [0.2, 0.25) is 0 Å². The zero-order valence-corrected chi connectivity index (χ0v) is 23.2. The van der Waals surface area contributed by atoms with Gasteiger partial charge in [-0.1, -0.05) is 72.8 Å². The monoisotopic (exact) mass is 586 g/mol. The van der Waals surface area contributed by atoms with Crippen LogP contribution >= 0.6 is 0 Å². The summed E-state index contributed by atoms with van der Waals surface area (Å²) in [6.07, 6.45) is -0.0803. The molecule has 0 radical (unpaired) electrons. The lowest BCUT2D eigenvalue weighted by Crippen LogP contribution is -2.40. The molecular formula is C35H26N2O7. The number of para-hydroxylation sites is 2. The van der Waals surface area contributed by atoms with Gasteiger partial charge in [-0.25, -0.2) is 15.0 Å². The van der Waals surface area contributed by atoms with Crippen molar-refractivity contribution in [3.63, 3.8) is 0 Å². The van der Waals surface area contributed by atoms with Crippen molar-refractivity contribution < 1.29 is 33.3 Å². The van der Waals surface area contributed by atoms with E-state index in [1.54, 1.807) is 109 Å². The first-order valence-corrected chi connectivity index (χ1v) is 13.5. The molecule has 0 aliphatic carbocycles. The van der Waals surface area contributed by atoms with E-state index in [4.69, 9.17) is 18.9 Å². The summed E-state index contributed by atoms with van der Waals surface area (Å²) in [4.78, 5) is 38.5. The van der Waals surface area contributed by atoms with Gasteiger partial charge in [-0.2, -0.15) is 5.10 Å². The standard InChI is InChI=1S/C35H26N2O7/c38-32(35(42-28-17-9-3-10-18-28)43-29-19-11-4-12-20-29)37-36-24-27-21-22-30(41-33(39)25-13-5-1-6-14-25)23-31(27)44-34(40)26-15-7-2-8-16-26/h1-24,35H,(H,37,38). The molecule has 44 heavy (non-hydrogen) atoms. The van der Waals surface area contributed by atoms with Crippen LogP contribution in [0.15, 0.2) is 145 Å². The highest BCUT2D eigenvalue weighted by Crippen LogP contribution is 2.26. The Balaban J connectivity index is 1.35. The fourth-order valence-electron chi connectivity index (χ4n) is 3.84. The first kappa shape index (κ1) is 29.3. The summed E-state index contributed by atoms with van der Waals surface area (Å²) < 4.78 is 22.7. The third-order valence-corrected chi connectivity index (χ3v) is 5.98. The van der Waals surface area contributed by atoms with Crippen molar-refractivity contribution in [2.75, 3.05) is 0 Å². The zero-order chi connectivity index (χ0) is 30.6. The number of carbonyl (C=O) groups is 3. The van der Waals surface area contributed by atoms with E-state index in [2.05, 4.69) is 10.5 Å². The average Bonchev–Trinajstić information content (AvgIpc) is 3.07. The van der Waals surface area contributed by atoms with Gasteiger partial charge in [-0.15, -0.1) is 0 Å². The molecule has 0 aromatic heterocycles. The second-order valence-electron chi connectivity index (χ2n) is 9.14. The highest BCUT2D eigenvalue weighted by Gasteiger charge is 2.23. The van der Waals surface area contributed by atoms with Crippen molar-refractivity contribution in [3.8, 4) is 23.0 Å². The van der Waals surface area contributed by atoms with E-state index in [1.807, 2.05) is 12.1 Å². The van der Waals surface area contributed by atoms with Gasteiger partial charge in [-0.05, 0) is 60.7 Å². The Hall–Kier alpha value is -6.22. The third-order valence-electron chi connectivity index (χ3n) is 5.98. The summed E-state index contributed by atoms with van der Waals surface area (Å²) >= 11 is 0. The molecule has 0 atom stereocenters. The third kappa shape index (κ3) is 8.17. The zero-order valence-electron chi connectivity index (χ0n) is 23.2. The van der Waals surface area contributed by atoms with Crippen LogP contribution in [0.2, 0.25) is 0 Å². The van der Waals surface area contributed by atoms with Gasteiger partial charge < -0.3 is 18.9 Å². The lowest BCUT2D eigenvalue weighted by molar-refractivity contribution is -0.140. The van der Waals surface area contributed by atoms with Gasteiger partial charge in [0, 0.05) is 11.6 Å². The van der Waals surface area contributed by atoms with Gasteiger partial charge in [0.15, 0.2) is 0 Å². The summed E-state index contributed by atoms with van der Waals surface area (Å²) in [5.74, 6) is -0.876. The molecule has 9 nitrogen and oxygen atoms in total. The van der Waals surface area contributed by atoms with Crippen LogP contribution in [-0.4, -0.2) is 30.4 Å². The number of carbonyl (C=O) groups excluding carboxylic acids is 3. The molecule has 0 aliphatic rings. The van der Waals surface area contributed by atoms with Crippen molar-refractivity contribution in [2.24, 2.45) is 5.10 Å². The molecule has 0 saturated carbocycles. The van der Waals surface area contributed by atoms with Gasteiger partial charge >= 0.3 is 24.1 Å². The quantitative estimate of drug-likeness (QED) is 0.0658. The van der Waals surface area contributed by atoms with Crippen LogP contribution in [0.25, 0.3) is 0 Å². The van der Waals surface area contributed by atoms with Crippen molar-refractivity contribution in [3.05, 3.63) is 156 Å². The second-order valence-corrected chi connectivity index (χ2v) is 9.14. The van der Waals surface area contributed by atoms with Crippen molar-refractivity contribution in [1.82, 2.24) is 5.43 Å². The molecular weight excluding hydrogens is 560 g/mol. The minimum Gasteiger partial charge on any atom is -0.446 e. The molecule has 5 aromatic rings. The minimum absolute atomic E-state index is 0.0489. The Kier molecular flexibility index (Phi) is 9.72. The first-order chi connectivity index (χ1) is 21.5. The number of hydrazone groups is 1. The number of amides is 1. The molecule has 0 aliphatic heterocycles. The van der Waals surface area contributed by atoms with E-state index >= 15 is 0 Å². The van der Waals surface area contributed by atoms with E-state index in [0.29, 0.717) is 28.2 Å². The molecule has 0 saturated heterocycles. The molecule has 218 valence electrons. The van der Waals surface area contributed by atoms with Crippen LogP contribution in [-0.2, 0) is 4.79 Å². The van der Waals surface area contributed by atoms with Crippen LogP contribution in [0.1, 0.15) is 26.3 Å². The molecule has 0 spiro atoms. The molecule has 9 heteroatoms. The predicted octanol–water partition coefficient (Wildman–Crippen LogP) is 6.06. The van der Waals surface area contributed by atoms with Crippen LogP contribution < -0.4 is 24.4 Å². The van der Waals surface area contributed by atoms with Crippen LogP contribution in [0.5, 0.6) is 23.0 Å². The number of hydrogen-bond acceptors (Lipinski definition) is 8. The first-order valence-electron chi connectivity index (χ1n) is 13.5. The van der Waals surface area contributed by atoms with E-state index in [-0.39, 0.29) is 11.5 Å². The van der Waals surface area contributed by atoms with Gasteiger partial charge in [0.25, 0.3) is 0 Å². The van der Waals surface area contributed by atoms with Crippen LogP contribution in [0.3, 0.4) is 0 Å². The summed E-state index contributed by atoms with van der Waals surface area (Å²) in [5, 5.41) is 4.04. The topological polar surface area (TPSA) is 113 Å². The van der Waals surface area contributed by atoms with E-state index in [1.165, 1.54) is 24.4 Å². The average molecular weight is 587 g/mol. The smallest absolute Gasteiger partial charge is 0.343 e. The SMILES string of the molecule is O=C(Oc1ccc(C=NNC(=O)C(Oc2ccccc2)Oc2ccccc2)c(OC(=O)c2ccccc2)c1)c1ccccc1. The summed E-state index contributed by atoms with van der Waals surface area (Å²) in [7, 11) is 0. The van der Waals surface area contributed by atoms with Gasteiger partial charge in [0.05, 0.1) is 17.3 Å². The van der Waals surface area contributed by atoms with E-state index in [0.717, 1.165) is 0 Å². The largest absolute Gasteiger partial charge is 0.446 e. The Morgan fingerprint density at radius 2 is 1.05 bits per heavy atom. The number of hydrogen-bond donors (Lipinski definition) is 1. The number of benzene rings is 5. The molecule has 5 aromatic carbocycles. The fourth-order valence-corrected chi connectivity index (χ4v) is 3.84. The number of rotatable bonds is 11. The maximum Gasteiger partial charge on any atom is 0.343 e. The molecule has 1 amide bonds. The number of nitrogens with zero attached hydrogens (tertiary/aromatic N) is 1. The second kappa shape index (κ2) is 14.6. The molecule has 0 fully saturated rings. The lowest BCUT2D eigenvalue weighted by Gasteiger charge is -2.18. The predicted molar refractivity (Wildman–Crippen MR) is 163 cm³/mol. The normalized spacial score (nSPS) is 10.7.